The Hall–Kier alpha value is -3.31. The zero-order valence-corrected chi connectivity index (χ0v) is 19.4. The van der Waals surface area contributed by atoms with Gasteiger partial charge in [0.2, 0.25) is 0 Å². The lowest BCUT2D eigenvalue weighted by Gasteiger charge is -2.47. The van der Waals surface area contributed by atoms with Gasteiger partial charge in [0.1, 0.15) is 17.8 Å². The summed E-state index contributed by atoms with van der Waals surface area (Å²) in [6.07, 6.45) is 4.36. The summed E-state index contributed by atoms with van der Waals surface area (Å²) >= 11 is 0. The number of fused-ring (bicyclic) bond motifs is 1. The monoisotopic (exact) mass is 499 g/mol. The van der Waals surface area contributed by atoms with Crippen LogP contribution < -0.4 is 0 Å². The van der Waals surface area contributed by atoms with E-state index in [-0.39, 0.29) is 18.2 Å². The van der Waals surface area contributed by atoms with E-state index in [0.29, 0.717) is 19.1 Å². The van der Waals surface area contributed by atoms with Gasteiger partial charge in [-0.2, -0.15) is 18.3 Å². The summed E-state index contributed by atoms with van der Waals surface area (Å²) in [6.45, 7) is 3.01. The highest BCUT2D eigenvalue weighted by molar-refractivity contribution is 5.89. The average molecular weight is 500 g/mol. The minimum absolute atomic E-state index is 0.0234. The highest BCUT2D eigenvalue weighted by Gasteiger charge is 2.37. The van der Waals surface area contributed by atoms with Crippen LogP contribution in [0.25, 0.3) is 22.3 Å². The third kappa shape index (κ3) is 4.26. The molecule has 2 saturated heterocycles. The maximum absolute atomic E-state index is 14.2. The van der Waals surface area contributed by atoms with Crippen molar-refractivity contribution in [1.82, 2.24) is 34.5 Å². The first kappa shape index (κ1) is 23.1. The third-order valence-electron chi connectivity index (χ3n) is 7.37. The van der Waals surface area contributed by atoms with Gasteiger partial charge >= 0.3 is 6.18 Å². The topological polar surface area (TPSA) is 65.9 Å². The van der Waals surface area contributed by atoms with E-state index in [4.69, 9.17) is 0 Å². The number of aromatic amines is 1. The molecule has 0 unspecified atom stereocenters. The normalized spacial score (nSPS) is 18.7. The largest absolute Gasteiger partial charge is 0.416 e. The summed E-state index contributed by atoms with van der Waals surface area (Å²) in [6, 6.07) is 5.77. The number of aromatic nitrogens is 5. The molecule has 7 nitrogen and oxygen atoms in total. The molecule has 2 fully saturated rings. The lowest BCUT2D eigenvalue weighted by Crippen LogP contribution is -2.55. The molecule has 5 heterocycles. The van der Waals surface area contributed by atoms with Crippen LogP contribution in [-0.2, 0) is 12.7 Å². The Labute approximate surface area is 204 Å². The number of nitrogens with zero attached hydrogens (tertiary/aromatic N) is 6. The fourth-order valence-electron chi connectivity index (χ4n) is 5.37. The molecule has 0 amide bonds. The van der Waals surface area contributed by atoms with Gasteiger partial charge in [0.15, 0.2) is 0 Å². The lowest BCUT2D eigenvalue weighted by atomic mass is 9.96. The minimum Gasteiger partial charge on any atom is -0.346 e. The molecule has 0 atom stereocenters. The first-order chi connectivity index (χ1) is 17.4. The number of piperidine rings is 1. The Bertz CT molecular complexity index is 1360. The van der Waals surface area contributed by atoms with Crippen molar-refractivity contribution in [3.63, 3.8) is 0 Å². The molecule has 36 heavy (non-hydrogen) atoms. The van der Waals surface area contributed by atoms with Gasteiger partial charge in [-0.1, -0.05) is 6.07 Å². The van der Waals surface area contributed by atoms with Crippen LogP contribution in [-0.4, -0.2) is 66.8 Å². The predicted molar refractivity (Wildman–Crippen MR) is 125 cm³/mol. The van der Waals surface area contributed by atoms with Crippen LogP contribution in [0, 0.1) is 5.82 Å². The van der Waals surface area contributed by atoms with Crippen molar-refractivity contribution >= 4 is 11.0 Å². The van der Waals surface area contributed by atoms with E-state index in [2.05, 4.69) is 25.0 Å². The van der Waals surface area contributed by atoms with Crippen LogP contribution in [0.15, 0.2) is 49.2 Å². The van der Waals surface area contributed by atoms with Gasteiger partial charge in [-0.05, 0) is 44.1 Å². The van der Waals surface area contributed by atoms with Gasteiger partial charge in [-0.3, -0.25) is 14.5 Å². The highest BCUT2D eigenvalue weighted by atomic mass is 19.4. The van der Waals surface area contributed by atoms with Crippen LogP contribution in [0.1, 0.15) is 30.0 Å². The molecule has 0 radical (unpaired) electrons. The Kier molecular flexibility index (Phi) is 5.76. The molecule has 1 aromatic carbocycles. The molecule has 2 aliphatic rings. The standard InChI is InChI=1S/C25H25F4N7/c26-22-3-1-2-21(25(27,28)29)20(22)14-34-8-5-17(6-9-34)35-12-18(13-35)36-11-16(10-33-36)23-19-4-7-30-24(19)32-15-31-23/h1-4,7,10-11,15,17-18H,5-6,8-9,12-14H2,(H,30,31,32). The number of nitrogens with one attached hydrogen (secondary N) is 1. The van der Waals surface area contributed by atoms with Crippen molar-refractivity contribution in [3.8, 4) is 11.3 Å². The maximum Gasteiger partial charge on any atom is 0.416 e. The summed E-state index contributed by atoms with van der Waals surface area (Å²) in [4.78, 5) is 16.1. The molecule has 0 aliphatic carbocycles. The number of halogens is 4. The summed E-state index contributed by atoms with van der Waals surface area (Å²) in [5.74, 6) is -0.796. The Morgan fingerprint density at radius 3 is 2.61 bits per heavy atom. The molecule has 0 spiro atoms. The van der Waals surface area contributed by atoms with Gasteiger partial charge in [-0.25, -0.2) is 14.4 Å². The number of alkyl halides is 3. The molecule has 1 N–H and O–H groups in total. The van der Waals surface area contributed by atoms with Crippen molar-refractivity contribution in [3.05, 3.63) is 66.1 Å². The number of likely N-dealkylation sites (tertiary alicyclic amines) is 2. The zero-order valence-electron chi connectivity index (χ0n) is 19.4. The van der Waals surface area contributed by atoms with E-state index >= 15 is 0 Å². The van der Waals surface area contributed by atoms with Crippen molar-refractivity contribution in [1.29, 1.82) is 0 Å². The van der Waals surface area contributed by atoms with Gasteiger partial charge in [0, 0.05) is 54.6 Å². The van der Waals surface area contributed by atoms with Crippen LogP contribution in [0.3, 0.4) is 0 Å². The molecule has 11 heteroatoms. The summed E-state index contributed by atoms with van der Waals surface area (Å²) < 4.78 is 56.2. The molecular weight excluding hydrogens is 474 g/mol. The van der Waals surface area contributed by atoms with Crippen LogP contribution in [0.2, 0.25) is 0 Å². The second-order valence-corrected chi connectivity index (χ2v) is 9.55. The van der Waals surface area contributed by atoms with E-state index in [9.17, 15) is 17.6 Å². The van der Waals surface area contributed by atoms with Gasteiger partial charge in [0.05, 0.1) is 23.5 Å². The first-order valence-corrected chi connectivity index (χ1v) is 12.0. The minimum atomic E-state index is -4.56. The van der Waals surface area contributed by atoms with E-state index in [1.165, 1.54) is 0 Å². The molecular formula is C25H25F4N7. The van der Waals surface area contributed by atoms with Crippen molar-refractivity contribution in [2.24, 2.45) is 0 Å². The van der Waals surface area contributed by atoms with Crippen LogP contribution >= 0.6 is 0 Å². The summed E-state index contributed by atoms with van der Waals surface area (Å²) in [5.41, 5.74) is 1.44. The Morgan fingerprint density at radius 2 is 1.83 bits per heavy atom. The number of hydrogen-bond acceptors (Lipinski definition) is 5. The molecule has 3 aromatic heterocycles. The molecule has 0 saturated carbocycles. The second-order valence-electron chi connectivity index (χ2n) is 9.55. The molecule has 188 valence electrons. The molecule has 2 aliphatic heterocycles. The van der Waals surface area contributed by atoms with E-state index in [0.717, 1.165) is 66.4 Å². The number of benzene rings is 1. The van der Waals surface area contributed by atoms with Gasteiger partial charge < -0.3 is 4.98 Å². The maximum atomic E-state index is 14.2. The summed E-state index contributed by atoms with van der Waals surface area (Å²) in [5, 5.41) is 5.52. The van der Waals surface area contributed by atoms with Gasteiger partial charge in [-0.15, -0.1) is 0 Å². The predicted octanol–water partition coefficient (Wildman–Crippen LogP) is 4.50. The van der Waals surface area contributed by atoms with Crippen LogP contribution in [0.5, 0.6) is 0 Å². The lowest BCUT2D eigenvalue weighted by molar-refractivity contribution is -0.138. The second kappa shape index (κ2) is 8.97. The van der Waals surface area contributed by atoms with E-state index in [1.54, 1.807) is 6.33 Å². The number of hydrogen-bond donors (Lipinski definition) is 1. The van der Waals surface area contributed by atoms with Crippen molar-refractivity contribution in [2.75, 3.05) is 26.2 Å². The smallest absolute Gasteiger partial charge is 0.346 e. The van der Waals surface area contributed by atoms with Crippen LogP contribution in [0.4, 0.5) is 17.6 Å². The molecule has 6 rings (SSSR count). The zero-order chi connectivity index (χ0) is 24.9. The average Bonchev–Trinajstić information content (AvgIpc) is 3.49. The number of H-pyrrole nitrogens is 1. The fraction of sp³-hybridized carbons (Fsp3) is 0.400. The Morgan fingerprint density at radius 1 is 1.03 bits per heavy atom. The van der Waals surface area contributed by atoms with Gasteiger partial charge in [0.25, 0.3) is 0 Å². The first-order valence-electron chi connectivity index (χ1n) is 12.0. The highest BCUT2D eigenvalue weighted by Crippen LogP contribution is 2.35. The molecule has 0 bridgehead atoms. The van der Waals surface area contributed by atoms with E-state index < -0.39 is 17.6 Å². The molecule has 4 aromatic rings. The number of rotatable bonds is 5. The van der Waals surface area contributed by atoms with Crippen molar-refractivity contribution < 1.29 is 17.6 Å². The quantitative estimate of drug-likeness (QED) is 0.410. The third-order valence-corrected chi connectivity index (χ3v) is 7.37. The SMILES string of the molecule is Fc1cccc(C(F)(F)F)c1CN1CCC(N2CC(n3cc(-c4ncnc5[nH]ccc45)cn3)C2)CC1. The van der Waals surface area contributed by atoms with E-state index in [1.807, 2.05) is 34.2 Å². The fourth-order valence-corrected chi connectivity index (χ4v) is 5.37. The Balaban J connectivity index is 1.04. The summed E-state index contributed by atoms with van der Waals surface area (Å²) in [7, 11) is 0. The van der Waals surface area contributed by atoms with Crippen molar-refractivity contribution in [2.45, 2.75) is 37.6 Å².